The lowest BCUT2D eigenvalue weighted by atomic mass is 10.1. The van der Waals surface area contributed by atoms with E-state index in [-0.39, 0.29) is 10.8 Å². The first-order chi connectivity index (χ1) is 12.4. The Balaban J connectivity index is 1.94. The molecule has 1 N–H and O–H groups in total. The average Bonchev–Trinajstić information content (AvgIpc) is 3.06. The summed E-state index contributed by atoms with van der Waals surface area (Å²) < 4.78 is 27.2. The minimum absolute atomic E-state index is 0.226. The van der Waals surface area contributed by atoms with E-state index in [1.54, 1.807) is 36.5 Å². The maximum Gasteiger partial charge on any atom is 0.268 e. The molecule has 0 fully saturated rings. The second-order valence-electron chi connectivity index (χ2n) is 6.07. The zero-order valence-electron chi connectivity index (χ0n) is 14.5. The third-order valence-corrected chi connectivity index (χ3v) is 5.90. The number of carbonyl (C=O) groups is 1. The molecule has 0 unspecified atom stereocenters. The van der Waals surface area contributed by atoms with Crippen LogP contribution >= 0.6 is 0 Å². The number of aryl methyl sites for hydroxylation is 1. The summed E-state index contributed by atoms with van der Waals surface area (Å²) in [5, 5.41) is 3.56. The van der Waals surface area contributed by atoms with Gasteiger partial charge in [-0.3, -0.25) is 4.79 Å². The highest BCUT2D eigenvalue weighted by Gasteiger charge is 2.18. The van der Waals surface area contributed by atoms with Crippen molar-refractivity contribution in [2.75, 3.05) is 6.54 Å². The molecular formula is C20H20N2O3S. The second-order valence-corrected chi connectivity index (χ2v) is 7.88. The molecule has 0 aliphatic heterocycles. The number of amides is 1. The molecule has 6 heteroatoms. The van der Waals surface area contributed by atoms with Crippen LogP contribution in [-0.2, 0) is 21.2 Å². The smallest absolute Gasteiger partial charge is 0.268 e. The van der Waals surface area contributed by atoms with Crippen LogP contribution in [0.1, 0.15) is 11.1 Å². The molecule has 26 heavy (non-hydrogen) atoms. The van der Waals surface area contributed by atoms with Gasteiger partial charge in [0.1, 0.15) is 0 Å². The first-order valence-corrected chi connectivity index (χ1v) is 9.68. The Morgan fingerprint density at radius 1 is 1.15 bits per heavy atom. The largest absolute Gasteiger partial charge is 0.352 e. The van der Waals surface area contributed by atoms with E-state index >= 15 is 0 Å². The fourth-order valence-corrected chi connectivity index (χ4v) is 4.09. The monoisotopic (exact) mass is 368 g/mol. The van der Waals surface area contributed by atoms with E-state index < -0.39 is 10.0 Å². The summed E-state index contributed by atoms with van der Waals surface area (Å²) >= 11 is 0. The summed E-state index contributed by atoms with van der Waals surface area (Å²) in [5.74, 6) is -0.226. The summed E-state index contributed by atoms with van der Waals surface area (Å²) in [6.07, 6.45) is 3.40. The molecule has 3 rings (SSSR count). The number of benzene rings is 2. The molecule has 0 saturated heterocycles. The van der Waals surface area contributed by atoms with E-state index in [1.807, 2.05) is 25.1 Å². The Morgan fingerprint density at radius 2 is 1.88 bits per heavy atom. The van der Waals surface area contributed by atoms with Gasteiger partial charge >= 0.3 is 0 Å². The zero-order chi connectivity index (χ0) is 18.7. The van der Waals surface area contributed by atoms with Crippen LogP contribution in [0.15, 0.2) is 72.3 Å². The highest BCUT2D eigenvalue weighted by atomic mass is 32.2. The minimum atomic E-state index is -3.66. The molecule has 5 nitrogen and oxygen atoms in total. The standard InChI is InChI=1S/C20H20N2O3S/c1-3-20(23)21-12-10-16-6-7-17-11-13-22(19(17)14-16)26(24,25)18-8-4-15(2)5-9-18/h3-9,11,13-14H,1,10,12H2,2H3,(H,21,23). The summed E-state index contributed by atoms with van der Waals surface area (Å²) in [6, 6.07) is 14.3. The number of hydrogen-bond acceptors (Lipinski definition) is 3. The fraction of sp³-hybridized carbons (Fsp3) is 0.150. The van der Waals surface area contributed by atoms with E-state index in [4.69, 9.17) is 0 Å². The molecule has 0 radical (unpaired) electrons. The van der Waals surface area contributed by atoms with Gasteiger partial charge in [0.25, 0.3) is 10.0 Å². The molecule has 0 aliphatic carbocycles. The van der Waals surface area contributed by atoms with Gasteiger partial charge in [0.2, 0.25) is 5.91 Å². The molecule has 3 aromatic rings. The van der Waals surface area contributed by atoms with E-state index in [0.29, 0.717) is 18.5 Å². The Hall–Kier alpha value is -2.86. The lowest BCUT2D eigenvalue weighted by Crippen LogP contribution is -2.23. The van der Waals surface area contributed by atoms with Crippen LogP contribution in [0.4, 0.5) is 0 Å². The molecule has 0 spiro atoms. The van der Waals surface area contributed by atoms with Gasteiger partial charge in [0.05, 0.1) is 10.4 Å². The first kappa shape index (κ1) is 17.9. The van der Waals surface area contributed by atoms with Crippen LogP contribution in [0.3, 0.4) is 0 Å². The van der Waals surface area contributed by atoms with Crippen molar-refractivity contribution in [3.05, 3.63) is 78.5 Å². The number of carbonyl (C=O) groups excluding carboxylic acids is 1. The van der Waals surface area contributed by atoms with Gasteiger partial charge in [0, 0.05) is 18.1 Å². The van der Waals surface area contributed by atoms with Crippen molar-refractivity contribution in [3.8, 4) is 0 Å². The maximum atomic E-state index is 13.0. The van der Waals surface area contributed by atoms with E-state index in [2.05, 4.69) is 11.9 Å². The van der Waals surface area contributed by atoms with Gasteiger partial charge in [0.15, 0.2) is 0 Å². The van der Waals surface area contributed by atoms with Crippen molar-refractivity contribution in [3.63, 3.8) is 0 Å². The summed E-state index contributed by atoms with van der Waals surface area (Å²) in [7, 11) is -3.66. The molecule has 0 aliphatic rings. The highest BCUT2D eigenvalue weighted by molar-refractivity contribution is 7.90. The van der Waals surface area contributed by atoms with Crippen LogP contribution in [0.2, 0.25) is 0 Å². The number of aromatic nitrogens is 1. The molecule has 2 aromatic carbocycles. The van der Waals surface area contributed by atoms with Crippen molar-refractivity contribution in [2.45, 2.75) is 18.2 Å². The molecule has 1 heterocycles. The quantitative estimate of drug-likeness (QED) is 0.680. The van der Waals surface area contributed by atoms with Gasteiger partial charge < -0.3 is 5.32 Å². The third kappa shape index (κ3) is 3.55. The average molecular weight is 368 g/mol. The Morgan fingerprint density at radius 3 is 2.58 bits per heavy atom. The topological polar surface area (TPSA) is 68.2 Å². The third-order valence-electron chi connectivity index (χ3n) is 4.20. The number of hydrogen-bond donors (Lipinski definition) is 1. The molecule has 1 aromatic heterocycles. The van der Waals surface area contributed by atoms with Gasteiger partial charge in [-0.2, -0.15) is 0 Å². The lowest BCUT2D eigenvalue weighted by Gasteiger charge is -2.09. The van der Waals surface area contributed by atoms with Gasteiger partial charge in [-0.1, -0.05) is 36.4 Å². The normalized spacial score (nSPS) is 11.4. The summed E-state index contributed by atoms with van der Waals surface area (Å²) in [6.45, 7) is 5.79. The Labute approximate surface area is 153 Å². The molecule has 134 valence electrons. The number of nitrogens with zero attached hydrogens (tertiary/aromatic N) is 1. The van der Waals surface area contributed by atoms with Crippen molar-refractivity contribution in [1.29, 1.82) is 0 Å². The number of fused-ring (bicyclic) bond motifs is 1. The second kappa shape index (κ2) is 7.17. The first-order valence-electron chi connectivity index (χ1n) is 8.24. The summed E-state index contributed by atoms with van der Waals surface area (Å²) in [4.78, 5) is 11.5. The SMILES string of the molecule is C=CC(=O)NCCc1ccc2ccn(S(=O)(=O)c3ccc(C)cc3)c2c1. The van der Waals surface area contributed by atoms with E-state index in [1.165, 1.54) is 10.0 Å². The minimum Gasteiger partial charge on any atom is -0.352 e. The maximum absolute atomic E-state index is 13.0. The van der Waals surface area contributed by atoms with E-state index in [0.717, 1.165) is 16.5 Å². The van der Waals surface area contributed by atoms with Crippen LogP contribution in [0, 0.1) is 6.92 Å². The molecule has 0 atom stereocenters. The predicted molar refractivity (Wildman–Crippen MR) is 103 cm³/mol. The number of nitrogens with one attached hydrogen (secondary N) is 1. The van der Waals surface area contributed by atoms with Crippen molar-refractivity contribution in [1.82, 2.24) is 9.29 Å². The molecule has 1 amide bonds. The number of rotatable bonds is 6. The summed E-state index contributed by atoms with van der Waals surface area (Å²) in [5.41, 5.74) is 2.57. The Kier molecular flexibility index (Phi) is 4.95. The predicted octanol–water partition coefficient (Wildman–Crippen LogP) is 3.03. The lowest BCUT2D eigenvalue weighted by molar-refractivity contribution is -0.116. The van der Waals surface area contributed by atoms with Crippen LogP contribution < -0.4 is 5.32 Å². The highest BCUT2D eigenvalue weighted by Crippen LogP contribution is 2.23. The Bertz CT molecular complexity index is 1060. The van der Waals surface area contributed by atoms with Crippen LogP contribution in [-0.4, -0.2) is 24.8 Å². The van der Waals surface area contributed by atoms with Crippen LogP contribution in [0.5, 0.6) is 0 Å². The fourth-order valence-electron chi connectivity index (χ4n) is 2.74. The van der Waals surface area contributed by atoms with Gasteiger partial charge in [-0.05, 0) is 49.2 Å². The molecule has 0 bridgehead atoms. The van der Waals surface area contributed by atoms with Crippen molar-refractivity contribution < 1.29 is 13.2 Å². The zero-order valence-corrected chi connectivity index (χ0v) is 15.3. The van der Waals surface area contributed by atoms with Crippen LogP contribution in [0.25, 0.3) is 10.9 Å². The van der Waals surface area contributed by atoms with Gasteiger partial charge in [-0.25, -0.2) is 12.4 Å². The van der Waals surface area contributed by atoms with Gasteiger partial charge in [-0.15, -0.1) is 0 Å². The van der Waals surface area contributed by atoms with E-state index in [9.17, 15) is 13.2 Å². The van der Waals surface area contributed by atoms with Crippen molar-refractivity contribution in [2.24, 2.45) is 0 Å². The molecule has 0 saturated carbocycles. The molecular weight excluding hydrogens is 348 g/mol. The van der Waals surface area contributed by atoms with Crippen molar-refractivity contribution >= 4 is 26.8 Å².